The molecule has 21 heavy (non-hydrogen) atoms. The van der Waals surface area contributed by atoms with E-state index in [1.165, 1.54) is 5.56 Å². The highest BCUT2D eigenvalue weighted by Crippen LogP contribution is 2.36. The highest BCUT2D eigenvalue weighted by atomic mass is 16.1. The maximum atomic E-state index is 11.7. The van der Waals surface area contributed by atoms with Gasteiger partial charge in [0.2, 0.25) is 0 Å². The van der Waals surface area contributed by atoms with Crippen molar-refractivity contribution in [1.29, 1.82) is 0 Å². The lowest BCUT2D eigenvalue weighted by molar-refractivity contribution is -0.123. The van der Waals surface area contributed by atoms with Gasteiger partial charge >= 0.3 is 0 Å². The van der Waals surface area contributed by atoms with Crippen molar-refractivity contribution in [3.05, 3.63) is 35.9 Å². The first-order valence-electron chi connectivity index (χ1n) is 8.17. The van der Waals surface area contributed by atoms with Crippen molar-refractivity contribution in [2.75, 3.05) is 33.2 Å². The van der Waals surface area contributed by atoms with Crippen LogP contribution in [0.5, 0.6) is 0 Å². The minimum Gasteiger partial charge on any atom is -0.304 e. The fourth-order valence-electron chi connectivity index (χ4n) is 3.86. The van der Waals surface area contributed by atoms with Gasteiger partial charge in [-0.3, -0.25) is 9.69 Å². The molecule has 1 aliphatic carbocycles. The van der Waals surface area contributed by atoms with Crippen LogP contribution in [0.4, 0.5) is 0 Å². The van der Waals surface area contributed by atoms with E-state index in [0.717, 1.165) is 58.3 Å². The molecular formula is C18H26N2O. The van der Waals surface area contributed by atoms with Gasteiger partial charge in [0, 0.05) is 44.6 Å². The van der Waals surface area contributed by atoms with Crippen LogP contribution in [0.15, 0.2) is 30.3 Å². The Balaban J connectivity index is 1.79. The van der Waals surface area contributed by atoms with Crippen LogP contribution in [0.1, 0.15) is 31.2 Å². The second kappa shape index (κ2) is 6.29. The molecule has 3 heteroatoms. The Bertz CT molecular complexity index is 467. The average molecular weight is 286 g/mol. The van der Waals surface area contributed by atoms with Gasteiger partial charge in [0.15, 0.2) is 0 Å². The monoisotopic (exact) mass is 286 g/mol. The summed E-state index contributed by atoms with van der Waals surface area (Å²) in [5.74, 6) is 0.452. The number of hydrogen-bond donors (Lipinski definition) is 0. The average Bonchev–Trinajstić information content (AvgIpc) is 2.52. The molecule has 114 valence electrons. The standard InChI is InChI=1S/C18H26N2O/c1-19-11-13-20(14-12-19)18(9-7-17(21)8-10-18)15-16-5-3-2-4-6-16/h2-6H,7-15H2,1H3. The number of carbonyl (C=O) groups is 1. The third-order valence-corrected chi connectivity index (χ3v) is 5.29. The van der Waals surface area contributed by atoms with Crippen molar-refractivity contribution >= 4 is 5.78 Å². The Labute approximate surface area is 127 Å². The summed E-state index contributed by atoms with van der Waals surface area (Å²) < 4.78 is 0. The van der Waals surface area contributed by atoms with Crippen LogP contribution in [0.3, 0.4) is 0 Å². The van der Waals surface area contributed by atoms with Gasteiger partial charge < -0.3 is 4.90 Å². The van der Waals surface area contributed by atoms with Crippen LogP contribution in [0.2, 0.25) is 0 Å². The second-order valence-electron chi connectivity index (χ2n) is 6.72. The number of Topliss-reactive ketones (excluding diaryl/α,β-unsaturated/α-hetero) is 1. The van der Waals surface area contributed by atoms with E-state index < -0.39 is 0 Å². The maximum absolute atomic E-state index is 11.7. The minimum absolute atomic E-state index is 0.205. The number of rotatable bonds is 3. The molecule has 1 saturated carbocycles. The molecular weight excluding hydrogens is 260 g/mol. The first-order valence-corrected chi connectivity index (χ1v) is 8.17. The Kier molecular flexibility index (Phi) is 4.41. The molecule has 0 N–H and O–H groups in total. The molecule has 1 aromatic rings. The molecule has 2 aliphatic rings. The van der Waals surface area contributed by atoms with Crippen molar-refractivity contribution in [2.24, 2.45) is 0 Å². The predicted molar refractivity (Wildman–Crippen MR) is 85.4 cm³/mol. The lowest BCUT2D eigenvalue weighted by Crippen LogP contribution is -2.58. The van der Waals surface area contributed by atoms with Crippen LogP contribution in [-0.4, -0.2) is 54.3 Å². The maximum Gasteiger partial charge on any atom is 0.133 e. The molecule has 0 aromatic heterocycles. The zero-order valence-electron chi connectivity index (χ0n) is 13.1. The van der Waals surface area contributed by atoms with E-state index in [4.69, 9.17) is 0 Å². The van der Waals surface area contributed by atoms with Crippen molar-refractivity contribution in [3.8, 4) is 0 Å². The SMILES string of the molecule is CN1CCN(C2(Cc3ccccc3)CCC(=O)CC2)CC1. The van der Waals surface area contributed by atoms with Gasteiger partial charge in [0.25, 0.3) is 0 Å². The van der Waals surface area contributed by atoms with Crippen LogP contribution >= 0.6 is 0 Å². The van der Waals surface area contributed by atoms with Gasteiger partial charge in [-0.05, 0) is 31.9 Å². The summed E-state index contributed by atoms with van der Waals surface area (Å²) in [4.78, 5) is 16.8. The summed E-state index contributed by atoms with van der Waals surface area (Å²) in [5, 5.41) is 0. The molecule has 3 rings (SSSR count). The molecule has 0 radical (unpaired) electrons. The molecule has 2 fully saturated rings. The highest BCUT2D eigenvalue weighted by Gasteiger charge is 2.40. The van der Waals surface area contributed by atoms with E-state index in [1.807, 2.05) is 0 Å². The van der Waals surface area contributed by atoms with Gasteiger partial charge in [-0.2, -0.15) is 0 Å². The number of benzene rings is 1. The summed E-state index contributed by atoms with van der Waals surface area (Å²) in [6, 6.07) is 10.8. The van der Waals surface area contributed by atoms with E-state index >= 15 is 0 Å². The quantitative estimate of drug-likeness (QED) is 0.852. The molecule has 1 saturated heterocycles. The molecule has 1 heterocycles. The van der Waals surface area contributed by atoms with E-state index in [1.54, 1.807) is 0 Å². The number of hydrogen-bond acceptors (Lipinski definition) is 3. The summed E-state index contributed by atoms with van der Waals surface area (Å²) in [6.07, 6.45) is 4.68. The van der Waals surface area contributed by atoms with E-state index in [2.05, 4.69) is 47.2 Å². The van der Waals surface area contributed by atoms with Crippen LogP contribution in [0, 0.1) is 0 Å². The minimum atomic E-state index is 0.205. The lowest BCUT2D eigenvalue weighted by atomic mass is 9.75. The third-order valence-electron chi connectivity index (χ3n) is 5.29. The van der Waals surface area contributed by atoms with E-state index in [-0.39, 0.29) is 5.54 Å². The molecule has 0 unspecified atom stereocenters. The molecule has 0 spiro atoms. The number of ketones is 1. The van der Waals surface area contributed by atoms with Crippen molar-refractivity contribution in [3.63, 3.8) is 0 Å². The largest absolute Gasteiger partial charge is 0.304 e. The summed E-state index contributed by atoms with van der Waals surface area (Å²) in [6.45, 7) is 4.56. The summed E-state index contributed by atoms with van der Waals surface area (Å²) in [7, 11) is 2.20. The van der Waals surface area contributed by atoms with Gasteiger partial charge in [-0.15, -0.1) is 0 Å². The van der Waals surface area contributed by atoms with Crippen LogP contribution in [-0.2, 0) is 11.2 Å². The summed E-state index contributed by atoms with van der Waals surface area (Å²) >= 11 is 0. The Hall–Kier alpha value is -1.19. The van der Waals surface area contributed by atoms with Crippen molar-refractivity contribution in [1.82, 2.24) is 9.80 Å². The molecule has 3 nitrogen and oxygen atoms in total. The van der Waals surface area contributed by atoms with Gasteiger partial charge in [-0.25, -0.2) is 0 Å². The molecule has 0 atom stereocenters. The van der Waals surface area contributed by atoms with Gasteiger partial charge in [0.1, 0.15) is 5.78 Å². The van der Waals surface area contributed by atoms with E-state index in [9.17, 15) is 4.79 Å². The van der Waals surface area contributed by atoms with Crippen molar-refractivity contribution < 1.29 is 4.79 Å². The Morgan fingerprint density at radius 2 is 1.62 bits per heavy atom. The van der Waals surface area contributed by atoms with E-state index in [0.29, 0.717) is 5.78 Å². The zero-order valence-corrected chi connectivity index (χ0v) is 13.1. The smallest absolute Gasteiger partial charge is 0.133 e. The van der Waals surface area contributed by atoms with Crippen LogP contribution < -0.4 is 0 Å². The Morgan fingerprint density at radius 3 is 2.24 bits per heavy atom. The Morgan fingerprint density at radius 1 is 1.00 bits per heavy atom. The fourth-order valence-corrected chi connectivity index (χ4v) is 3.86. The molecule has 1 aliphatic heterocycles. The highest BCUT2D eigenvalue weighted by molar-refractivity contribution is 5.79. The molecule has 0 amide bonds. The topological polar surface area (TPSA) is 23.6 Å². The van der Waals surface area contributed by atoms with Crippen molar-refractivity contribution in [2.45, 2.75) is 37.6 Å². The molecule has 1 aromatic carbocycles. The van der Waals surface area contributed by atoms with Gasteiger partial charge in [0.05, 0.1) is 0 Å². The normalized spacial score (nSPS) is 24.1. The zero-order chi connectivity index (χ0) is 14.7. The first kappa shape index (κ1) is 14.7. The predicted octanol–water partition coefficient (Wildman–Crippen LogP) is 2.36. The first-order chi connectivity index (χ1) is 10.2. The van der Waals surface area contributed by atoms with Crippen LogP contribution in [0.25, 0.3) is 0 Å². The second-order valence-corrected chi connectivity index (χ2v) is 6.72. The van der Waals surface area contributed by atoms with Gasteiger partial charge in [-0.1, -0.05) is 30.3 Å². The number of carbonyl (C=O) groups excluding carboxylic acids is 1. The summed E-state index contributed by atoms with van der Waals surface area (Å²) in [5.41, 5.74) is 1.61. The number of nitrogens with zero attached hydrogens (tertiary/aromatic N) is 2. The fraction of sp³-hybridized carbons (Fsp3) is 0.611. The third kappa shape index (κ3) is 3.35. The lowest BCUT2D eigenvalue weighted by Gasteiger charge is -2.49. The number of piperazine rings is 1. The molecule has 0 bridgehead atoms. The number of likely N-dealkylation sites (N-methyl/N-ethyl adjacent to an activating group) is 1.